The highest BCUT2D eigenvalue weighted by molar-refractivity contribution is 7.13. The van der Waals surface area contributed by atoms with Gasteiger partial charge < -0.3 is 25.1 Å². The van der Waals surface area contributed by atoms with Crippen LogP contribution in [0.3, 0.4) is 0 Å². The number of aliphatic hydroxyl groups excluding tert-OH is 1. The van der Waals surface area contributed by atoms with Crippen LogP contribution >= 0.6 is 11.3 Å². The molecule has 3 N–H and O–H groups in total. The highest BCUT2D eigenvalue weighted by Crippen LogP contribution is 2.34. The minimum atomic E-state index is -0.995. The monoisotopic (exact) mass is 748 g/mol. The topological polar surface area (TPSA) is 142 Å². The molecule has 10 nitrogen and oxygen atoms in total. The molecule has 1 saturated heterocycles. The van der Waals surface area contributed by atoms with E-state index in [4.69, 9.17) is 4.42 Å². The molecule has 0 bridgehead atoms. The molecule has 1 unspecified atom stereocenters. The molecule has 2 aromatic carbocycles. The number of β-amino-alcohol motifs (C(OH)–C–C–N with tert-alkyl or cyclic N) is 1. The van der Waals surface area contributed by atoms with Gasteiger partial charge in [0.05, 0.1) is 18.1 Å². The average Bonchev–Trinajstić information content (AvgIpc) is 3.89. The van der Waals surface area contributed by atoms with Gasteiger partial charge in [0.15, 0.2) is 0 Å². The van der Waals surface area contributed by atoms with Gasteiger partial charge in [-0.25, -0.2) is 0 Å². The van der Waals surface area contributed by atoms with E-state index in [0.29, 0.717) is 5.76 Å². The van der Waals surface area contributed by atoms with Crippen LogP contribution in [0.25, 0.3) is 21.4 Å². The molecule has 54 heavy (non-hydrogen) atoms. The predicted molar refractivity (Wildman–Crippen MR) is 210 cm³/mol. The molecular formula is C43H48N4O6S. The highest BCUT2D eigenvalue weighted by atomic mass is 32.1. The summed E-state index contributed by atoms with van der Waals surface area (Å²) in [7, 11) is 0. The standard InChI is InChI=1S/C43H48N4O6S/c1-26-18-20-54-39(26)29-14-12-28(13-15-29)27(2)45-41(51)35-23-33(49)25-47(35)42(52)40(43(3,4)5)46-38(50)17-16-32(48)22-34(31-10-8-19-44-24-31)37-21-30-9-6-7-11-36(30)53-37/h6-15,18-21,24,27,33-35,40,49H,16-17,22-23,25H2,1-5H3,(H,45,51)(H,46,50)/t27-,33-,34?,35+,40-/m1/s1. The van der Waals surface area contributed by atoms with Gasteiger partial charge in [0.1, 0.15) is 29.2 Å². The molecule has 1 aliphatic rings. The number of aromatic nitrogens is 1. The summed E-state index contributed by atoms with van der Waals surface area (Å²) in [6.07, 6.45) is 2.54. The molecule has 0 aliphatic carbocycles. The number of benzene rings is 2. The zero-order valence-electron chi connectivity index (χ0n) is 31.4. The fourth-order valence-electron chi connectivity index (χ4n) is 7.06. The molecule has 0 saturated carbocycles. The Kier molecular flexibility index (Phi) is 11.8. The minimum absolute atomic E-state index is 0.0291. The van der Waals surface area contributed by atoms with Crippen molar-refractivity contribution in [3.8, 4) is 10.4 Å². The number of amides is 3. The molecule has 5 atom stereocenters. The van der Waals surface area contributed by atoms with Gasteiger partial charge in [-0.05, 0) is 71.2 Å². The zero-order chi connectivity index (χ0) is 38.6. The molecule has 3 amide bonds. The van der Waals surface area contributed by atoms with Gasteiger partial charge in [-0.2, -0.15) is 0 Å². The van der Waals surface area contributed by atoms with Crippen molar-refractivity contribution in [2.24, 2.45) is 5.41 Å². The lowest BCUT2D eigenvalue weighted by molar-refractivity contribution is -0.144. The van der Waals surface area contributed by atoms with E-state index in [1.807, 2.05) is 94.4 Å². The van der Waals surface area contributed by atoms with Crippen molar-refractivity contribution in [3.05, 3.63) is 113 Å². The fraction of sp³-hybridized carbons (Fsp3) is 0.372. The van der Waals surface area contributed by atoms with Crippen molar-refractivity contribution in [1.82, 2.24) is 20.5 Å². The number of aryl methyl sites for hydroxylation is 1. The van der Waals surface area contributed by atoms with Crippen LogP contribution < -0.4 is 10.6 Å². The molecule has 5 aromatic rings. The lowest BCUT2D eigenvalue weighted by Crippen LogP contribution is -2.57. The number of hydrogen-bond donors (Lipinski definition) is 3. The third-order valence-electron chi connectivity index (χ3n) is 10.1. The quantitative estimate of drug-likeness (QED) is 0.117. The summed E-state index contributed by atoms with van der Waals surface area (Å²) < 4.78 is 6.13. The first-order valence-electron chi connectivity index (χ1n) is 18.4. The van der Waals surface area contributed by atoms with Crippen molar-refractivity contribution < 1.29 is 28.7 Å². The minimum Gasteiger partial charge on any atom is -0.460 e. The first kappa shape index (κ1) is 38.6. The molecule has 0 spiro atoms. The Balaban J connectivity index is 1.08. The average molecular weight is 749 g/mol. The number of aliphatic hydroxyl groups is 1. The van der Waals surface area contributed by atoms with Crippen LogP contribution in [-0.2, 0) is 19.2 Å². The number of nitrogens with zero attached hydrogens (tertiary/aromatic N) is 2. The number of furan rings is 1. The maximum absolute atomic E-state index is 14.1. The molecule has 4 heterocycles. The van der Waals surface area contributed by atoms with Crippen molar-refractivity contribution in [3.63, 3.8) is 0 Å². The van der Waals surface area contributed by atoms with Gasteiger partial charge in [0.2, 0.25) is 17.7 Å². The van der Waals surface area contributed by atoms with Gasteiger partial charge in [0, 0.05) is 54.9 Å². The lowest BCUT2D eigenvalue weighted by Gasteiger charge is -2.35. The molecule has 3 aromatic heterocycles. The van der Waals surface area contributed by atoms with E-state index < -0.39 is 35.4 Å². The molecule has 282 valence electrons. The highest BCUT2D eigenvalue weighted by Gasteiger charge is 2.44. The Bertz CT molecular complexity index is 2070. The Morgan fingerprint density at radius 3 is 2.41 bits per heavy atom. The van der Waals surface area contributed by atoms with Crippen LogP contribution in [0.5, 0.6) is 0 Å². The summed E-state index contributed by atoms with van der Waals surface area (Å²) in [5.74, 6) is -1.15. The van der Waals surface area contributed by atoms with Gasteiger partial charge in [0.25, 0.3) is 0 Å². The summed E-state index contributed by atoms with van der Waals surface area (Å²) in [5, 5.41) is 19.5. The molecule has 6 rings (SSSR count). The van der Waals surface area contributed by atoms with Gasteiger partial charge in [-0.1, -0.05) is 69.3 Å². The number of fused-ring (bicyclic) bond motifs is 1. The van der Waals surface area contributed by atoms with Crippen molar-refractivity contribution in [1.29, 1.82) is 0 Å². The molecule has 11 heteroatoms. The summed E-state index contributed by atoms with van der Waals surface area (Å²) in [4.78, 5) is 61.4. The number of carbonyl (C=O) groups excluding carboxylic acids is 4. The SMILES string of the molecule is Cc1ccsc1-c1ccc([C@@H](C)NC(=O)[C@@H]2C[C@@H](O)CN2C(=O)[C@@H](NC(=O)CCC(=O)CC(c2cccnc2)c2cc3ccccc3o2)C(C)(C)C)cc1. The number of nitrogens with one attached hydrogen (secondary N) is 2. The van der Waals surface area contributed by atoms with Crippen LogP contribution in [0, 0.1) is 12.3 Å². The number of carbonyl (C=O) groups is 4. The third-order valence-corrected chi connectivity index (χ3v) is 11.2. The second kappa shape index (κ2) is 16.5. The van der Waals surface area contributed by atoms with Gasteiger partial charge >= 0.3 is 0 Å². The molecule has 1 aliphatic heterocycles. The van der Waals surface area contributed by atoms with E-state index in [1.54, 1.807) is 23.7 Å². The van der Waals surface area contributed by atoms with Crippen LogP contribution in [0.1, 0.15) is 87.8 Å². The number of pyridine rings is 1. The Morgan fingerprint density at radius 1 is 0.981 bits per heavy atom. The number of rotatable bonds is 13. The number of likely N-dealkylation sites (tertiary alicyclic amines) is 1. The largest absolute Gasteiger partial charge is 0.460 e. The van der Waals surface area contributed by atoms with Crippen LogP contribution in [0.4, 0.5) is 0 Å². The normalized spacial score (nSPS) is 17.6. The lowest BCUT2D eigenvalue weighted by atomic mass is 9.85. The Hall–Kier alpha value is -5.13. The Morgan fingerprint density at radius 2 is 1.74 bits per heavy atom. The summed E-state index contributed by atoms with van der Waals surface area (Å²) in [5.41, 5.74) is 4.06. The predicted octanol–water partition coefficient (Wildman–Crippen LogP) is 7.11. The van der Waals surface area contributed by atoms with E-state index in [9.17, 15) is 24.3 Å². The second-order valence-corrected chi connectivity index (χ2v) is 16.2. The van der Waals surface area contributed by atoms with E-state index in [1.165, 1.54) is 15.3 Å². The smallest absolute Gasteiger partial charge is 0.246 e. The first-order chi connectivity index (χ1) is 25.8. The van der Waals surface area contributed by atoms with Crippen LogP contribution in [-0.4, -0.2) is 63.2 Å². The van der Waals surface area contributed by atoms with E-state index in [2.05, 4.69) is 34.0 Å². The zero-order valence-corrected chi connectivity index (χ0v) is 32.2. The summed E-state index contributed by atoms with van der Waals surface area (Å²) in [6.45, 7) is 9.43. The number of thiophene rings is 1. The first-order valence-corrected chi connectivity index (χ1v) is 19.3. The number of hydrogen-bond acceptors (Lipinski definition) is 8. The van der Waals surface area contributed by atoms with E-state index in [-0.39, 0.29) is 55.9 Å². The second-order valence-electron chi connectivity index (χ2n) is 15.3. The Labute approximate surface area is 320 Å². The van der Waals surface area contributed by atoms with Gasteiger partial charge in [-0.15, -0.1) is 11.3 Å². The van der Waals surface area contributed by atoms with Crippen molar-refractivity contribution in [2.75, 3.05) is 6.54 Å². The maximum atomic E-state index is 14.1. The number of para-hydroxylation sites is 1. The summed E-state index contributed by atoms with van der Waals surface area (Å²) in [6, 6.07) is 21.2. The van der Waals surface area contributed by atoms with Crippen LogP contribution in [0.2, 0.25) is 0 Å². The number of Topliss-reactive ketones (excluding diaryl/α,β-unsaturated/α-hetero) is 1. The third kappa shape index (κ3) is 8.97. The van der Waals surface area contributed by atoms with Gasteiger partial charge in [-0.3, -0.25) is 24.2 Å². The molecule has 1 fully saturated rings. The fourth-order valence-corrected chi connectivity index (χ4v) is 7.99. The number of ketones is 1. The maximum Gasteiger partial charge on any atom is 0.246 e. The van der Waals surface area contributed by atoms with Crippen molar-refractivity contribution >= 4 is 45.8 Å². The van der Waals surface area contributed by atoms with Crippen molar-refractivity contribution in [2.45, 2.75) is 90.4 Å². The summed E-state index contributed by atoms with van der Waals surface area (Å²) >= 11 is 1.68. The molecular weight excluding hydrogens is 701 g/mol. The molecule has 0 radical (unpaired) electrons. The van der Waals surface area contributed by atoms with Crippen LogP contribution in [0.15, 0.2) is 95.0 Å². The van der Waals surface area contributed by atoms with E-state index in [0.717, 1.165) is 27.7 Å². The van der Waals surface area contributed by atoms with E-state index >= 15 is 0 Å².